The topological polar surface area (TPSA) is 73.2 Å². The Balaban J connectivity index is 1.85. The normalized spacial score (nSPS) is 10.5. The van der Waals surface area contributed by atoms with Crippen molar-refractivity contribution in [2.45, 2.75) is 13.3 Å². The Morgan fingerprint density at radius 1 is 1.14 bits per heavy atom. The molecule has 0 aliphatic heterocycles. The fraction of sp³-hybridized carbons (Fsp3) is 0.150. The zero-order chi connectivity index (χ0) is 20.1. The number of carbonyl (C=O) groups excluding carboxylic acids is 1. The van der Waals surface area contributed by atoms with Crippen LogP contribution in [0, 0.1) is 11.6 Å². The van der Waals surface area contributed by atoms with Gasteiger partial charge in [0.15, 0.2) is 11.6 Å². The van der Waals surface area contributed by atoms with Gasteiger partial charge < -0.3 is 4.74 Å². The third-order valence-electron chi connectivity index (χ3n) is 3.87. The summed E-state index contributed by atoms with van der Waals surface area (Å²) in [4.78, 5) is 23.7. The van der Waals surface area contributed by atoms with Crippen LogP contribution in [0.3, 0.4) is 0 Å². The van der Waals surface area contributed by atoms with E-state index in [1.807, 2.05) is 0 Å². The second-order valence-corrected chi connectivity index (χ2v) is 5.89. The standard InChI is InChI=1S/C20H17F2N3O3/c1-2-28-20(27)23-14-5-3-4-13(10-14)11-18-19(26)8-9-25(24-18)15-6-7-16(21)17(22)12-15/h3-10,12H,2,11H2,1H3,(H,23,27). The number of nitrogens with zero attached hydrogens (tertiary/aromatic N) is 2. The summed E-state index contributed by atoms with van der Waals surface area (Å²) in [5, 5.41) is 6.82. The minimum Gasteiger partial charge on any atom is -0.450 e. The maximum Gasteiger partial charge on any atom is 0.411 e. The van der Waals surface area contributed by atoms with Crippen LogP contribution >= 0.6 is 0 Å². The van der Waals surface area contributed by atoms with Gasteiger partial charge in [-0.05, 0) is 36.8 Å². The van der Waals surface area contributed by atoms with Crippen molar-refractivity contribution in [1.29, 1.82) is 0 Å². The van der Waals surface area contributed by atoms with E-state index in [0.29, 0.717) is 5.69 Å². The van der Waals surface area contributed by atoms with Gasteiger partial charge in [0, 0.05) is 30.4 Å². The van der Waals surface area contributed by atoms with Gasteiger partial charge in [-0.3, -0.25) is 10.1 Å². The summed E-state index contributed by atoms with van der Waals surface area (Å²) in [6, 6.07) is 11.6. The zero-order valence-corrected chi connectivity index (χ0v) is 15.0. The van der Waals surface area contributed by atoms with Gasteiger partial charge in [0.05, 0.1) is 12.3 Å². The van der Waals surface area contributed by atoms with Crippen LogP contribution in [-0.2, 0) is 11.2 Å². The van der Waals surface area contributed by atoms with Gasteiger partial charge >= 0.3 is 6.09 Å². The monoisotopic (exact) mass is 385 g/mol. The number of hydrogen-bond acceptors (Lipinski definition) is 4. The Kier molecular flexibility index (Phi) is 5.78. The molecule has 6 nitrogen and oxygen atoms in total. The number of hydrogen-bond donors (Lipinski definition) is 1. The Labute approximate surface area is 159 Å². The van der Waals surface area contributed by atoms with Crippen LogP contribution in [0.15, 0.2) is 59.5 Å². The van der Waals surface area contributed by atoms with Gasteiger partial charge in [-0.25, -0.2) is 18.3 Å². The lowest BCUT2D eigenvalue weighted by Gasteiger charge is -2.09. The number of anilines is 1. The summed E-state index contributed by atoms with van der Waals surface area (Å²) >= 11 is 0. The van der Waals surface area contributed by atoms with Gasteiger partial charge in [-0.15, -0.1) is 0 Å². The molecule has 0 saturated carbocycles. The molecule has 3 aromatic rings. The van der Waals surface area contributed by atoms with Crippen molar-refractivity contribution < 1.29 is 18.3 Å². The number of carbonyl (C=O) groups is 1. The van der Waals surface area contributed by atoms with Crippen LogP contribution < -0.4 is 10.7 Å². The number of nitrogens with one attached hydrogen (secondary N) is 1. The number of benzene rings is 2. The fourth-order valence-electron chi connectivity index (χ4n) is 2.58. The second kappa shape index (κ2) is 8.43. The summed E-state index contributed by atoms with van der Waals surface area (Å²) in [5.74, 6) is -1.96. The largest absolute Gasteiger partial charge is 0.450 e. The first-order valence-corrected chi connectivity index (χ1v) is 8.53. The SMILES string of the molecule is CCOC(=O)Nc1cccc(Cc2nn(-c3ccc(F)c(F)c3)ccc2=O)c1. The highest BCUT2D eigenvalue weighted by molar-refractivity contribution is 5.84. The van der Waals surface area contributed by atoms with Crippen LogP contribution in [0.5, 0.6) is 0 Å². The van der Waals surface area contributed by atoms with E-state index >= 15 is 0 Å². The predicted octanol–water partition coefficient (Wildman–Crippen LogP) is 3.67. The van der Waals surface area contributed by atoms with Crippen LogP contribution in [0.2, 0.25) is 0 Å². The van der Waals surface area contributed by atoms with Crippen molar-refractivity contribution >= 4 is 11.8 Å². The van der Waals surface area contributed by atoms with Gasteiger partial charge in [0.25, 0.3) is 0 Å². The van der Waals surface area contributed by atoms with E-state index < -0.39 is 17.7 Å². The maximum absolute atomic E-state index is 13.5. The smallest absolute Gasteiger partial charge is 0.411 e. The van der Waals surface area contributed by atoms with Crippen LogP contribution in [0.25, 0.3) is 5.69 Å². The van der Waals surface area contributed by atoms with E-state index in [2.05, 4.69) is 10.4 Å². The molecule has 144 valence electrons. The molecule has 1 aromatic heterocycles. The summed E-state index contributed by atoms with van der Waals surface area (Å²) in [5.41, 5.74) is 1.48. The van der Waals surface area contributed by atoms with Crippen LogP contribution in [0.1, 0.15) is 18.2 Å². The van der Waals surface area contributed by atoms with Gasteiger partial charge in [0.2, 0.25) is 5.43 Å². The molecule has 2 aromatic carbocycles. The Hall–Kier alpha value is -3.55. The van der Waals surface area contributed by atoms with Gasteiger partial charge in [-0.1, -0.05) is 12.1 Å². The maximum atomic E-state index is 13.5. The summed E-state index contributed by atoms with van der Waals surface area (Å²) < 4.78 is 32.7. The van der Waals surface area contributed by atoms with Crippen molar-refractivity contribution in [2.24, 2.45) is 0 Å². The summed E-state index contributed by atoms with van der Waals surface area (Å²) in [7, 11) is 0. The third kappa shape index (κ3) is 4.59. The first-order valence-electron chi connectivity index (χ1n) is 8.53. The van der Waals surface area contributed by atoms with E-state index in [4.69, 9.17) is 4.74 Å². The minimum atomic E-state index is -1.00. The number of aromatic nitrogens is 2. The number of ether oxygens (including phenoxy) is 1. The molecule has 3 rings (SSSR count). The molecule has 1 amide bonds. The summed E-state index contributed by atoms with van der Waals surface area (Å²) in [6.07, 6.45) is 1.01. The molecule has 0 unspecified atom stereocenters. The molecular weight excluding hydrogens is 368 g/mol. The molecule has 0 aliphatic rings. The molecule has 28 heavy (non-hydrogen) atoms. The summed E-state index contributed by atoms with van der Waals surface area (Å²) in [6.45, 7) is 1.96. The van der Waals surface area contributed by atoms with Gasteiger partial charge in [-0.2, -0.15) is 5.10 Å². The quantitative estimate of drug-likeness (QED) is 0.727. The van der Waals surface area contributed by atoms with E-state index in [-0.39, 0.29) is 29.8 Å². The first kappa shape index (κ1) is 19.2. The first-order chi connectivity index (χ1) is 13.5. The number of amides is 1. The van der Waals surface area contributed by atoms with E-state index in [9.17, 15) is 18.4 Å². The van der Waals surface area contributed by atoms with E-state index in [0.717, 1.165) is 17.7 Å². The predicted molar refractivity (Wildman–Crippen MR) is 99.6 cm³/mol. The highest BCUT2D eigenvalue weighted by Crippen LogP contribution is 2.15. The molecule has 0 fully saturated rings. The van der Waals surface area contributed by atoms with Crippen molar-refractivity contribution in [3.8, 4) is 5.69 Å². The van der Waals surface area contributed by atoms with E-state index in [1.54, 1.807) is 31.2 Å². The Bertz CT molecular complexity index is 1070. The molecule has 1 heterocycles. The molecular formula is C20H17F2N3O3. The molecule has 0 saturated heterocycles. The highest BCUT2D eigenvalue weighted by Gasteiger charge is 2.09. The minimum absolute atomic E-state index is 0.196. The highest BCUT2D eigenvalue weighted by atomic mass is 19.2. The van der Waals surface area contributed by atoms with Crippen LogP contribution in [0.4, 0.5) is 19.3 Å². The van der Waals surface area contributed by atoms with Crippen molar-refractivity contribution in [3.05, 3.63) is 87.8 Å². The lowest BCUT2D eigenvalue weighted by Crippen LogP contribution is -2.17. The molecule has 0 atom stereocenters. The molecule has 0 radical (unpaired) electrons. The third-order valence-corrected chi connectivity index (χ3v) is 3.87. The molecule has 1 N–H and O–H groups in total. The van der Waals surface area contributed by atoms with Crippen LogP contribution in [-0.4, -0.2) is 22.5 Å². The fourth-order valence-corrected chi connectivity index (χ4v) is 2.58. The lowest BCUT2D eigenvalue weighted by atomic mass is 10.1. The zero-order valence-electron chi connectivity index (χ0n) is 15.0. The average Bonchev–Trinajstić information content (AvgIpc) is 2.66. The number of rotatable bonds is 5. The van der Waals surface area contributed by atoms with Crippen molar-refractivity contribution in [3.63, 3.8) is 0 Å². The van der Waals surface area contributed by atoms with E-state index in [1.165, 1.54) is 23.0 Å². The lowest BCUT2D eigenvalue weighted by molar-refractivity contribution is 0.168. The Morgan fingerprint density at radius 2 is 1.96 bits per heavy atom. The molecule has 0 spiro atoms. The second-order valence-electron chi connectivity index (χ2n) is 5.89. The van der Waals surface area contributed by atoms with Crippen molar-refractivity contribution in [1.82, 2.24) is 9.78 Å². The van der Waals surface area contributed by atoms with Crippen molar-refractivity contribution in [2.75, 3.05) is 11.9 Å². The average molecular weight is 385 g/mol. The molecule has 0 aliphatic carbocycles. The molecule has 0 bridgehead atoms. The number of halogens is 2. The van der Waals surface area contributed by atoms with Gasteiger partial charge in [0.1, 0.15) is 5.69 Å². The molecule has 8 heteroatoms. The Morgan fingerprint density at radius 3 is 2.71 bits per heavy atom.